The smallest absolute Gasteiger partial charge is 0.184 e. The Kier molecular flexibility index (Phi) is 5.86. The Labute approximate surface area is 125 Å². The SMILES string of the molecule is CCC(=O)c1ccc(OC(Cl)CN2CCCCC2)cc1. The maximum Gasteiger partial charge on any atom is 0.184 e. The number of hydrogen-bond donors (Lipinski definition) is 0. The van der Waals surface area contributed by atoms with Crippen LogP contribution < -0.4 is 4.74 Å². The minimum atomic E-state index is -0.346. The Balaban J connectivity index is 1.84. The predicted molar refractivity (Wildman–Crippen MR) is 81.6 cm³/mol. The quantitative estimate of drug-likeness (QED) is 0.592. The van der Waals surface area contributed by atoms with Crippen molar-refractivity contribution >= 4 is 17.4 Å². The third kappa shape index (κ3) is 4.50. The average Bonchev–Trinajstić information content (AvgIpc) is 2.48. The molecule has 0 saturated carbocycles. The third-order valence-electron chi connectivity index (χ3n) is 3.61. The Hall–Kier alpha value is -1.06. The fourth-order valence-electron chi connectivity index (χ4n) is 2.45. The molecule has 1 aliphatic heterocycles. The van der Waals surface area contributed by atoms with Crippen molar-refractivity contribution in [3.63, 3.8) is 0 Å². The molecule has 0 radical (unpaired) electrons. The van der Waals surface area contributed by atoms with Crippen LogP contribution in [0.1, 0.15) is 43.0 Å². The van der Waals surface area contributed by atoms with Crippen LogP contribution in [0.15, 0.2) is 24.3 Å². The molecular formula is C16H22ClNO2. The summed E-state index contributed by atoms with van der Waals surface area (Å²) in [7, 11) is 0. The summed E-state index contributed by atoms with van der Waals surface area (Å²) in [5, 5.41) is 0. The van der Waals surface area contributed by atoms with Crippen LogP contribution in [-0.2, 0) is 0 Å². The standard InChI is InChI=1S/C16H22ClNO2/c1-2-15(19)13-6-8-14(9-7-13)20-16(17)12-18-10-4-3-5-11-18/h6-9,16H,2-5,10-12H2,1H3. The fourth-order valence-corrected chi connectivity index (χ4v) is 2.75. The van der Waals surface area contributed by atoms with Crippen molar-refractivity contribution in [3.05, 3.63) is 29.8 Å². The first kappa shape index (κ1) is 15.3. The molecule has 1 aliphatic rings. The van der Waals surface area contributed by atoms with Crippen molar-refractivity contribution in [2.24, 2.45) is 0 Å². The summed E-state index contributed by atoms with van der Waals surface area (Å²) in [5.41, 5.74) is 0.378. The van der Waals surface area contributed by atoms with Crippen molar-refractivity contribution in [1.29, 1.82) is 0 Å². The normalized spacial score (nSPS) is 17.7. The van der Waals surface area contributed by atoms with Crippen molar-refractivity contribution in [3.8, 4) is 5.75 Å². The second-order valence-corrected chi connectivity index (χ2v) is 5.68. The van der Waals surface area contributed by atoms with Gasteiger partial charge >= 0.3 is 0 Å². The number of alkyl halides is 1. The maximum atomic E-state index is 11.5. The number of benzene rings is 1. The Morgan fingerprint density at radius 3 is 2.50 bits per heavy atom. The molecule has 2 rings (SSSR count). The molecule has 1 aromatic carbocycles. The number of nitrogens with zero attached hydrogens (tertiary/aromatic N) is 1. The Morgan fingerprint density at radius 1 is 1.25 bits per heavy atom. The van der Waals surface area contributed by atoms with Crippen molar-refractivity contribution in [1.82, 2.24) is 4.90 Å². The van der Waals surface area contributed by atoms with E-state index in [2.05, 4.69) is 4.90 Å². The highest BCUT2D eigenvalue weighted by Crippen LogP contribution is 2.18. The van der Waals surface area contributed by atoms with Gasteiger partial charge in [0.2, 0.25) is 0 Å². The monoisotopic (exact) mass is 295 g/mol. The summed E-state index contributed by atoms with van der Waals surface area (Å²) in [6, 6.07) is 7.22. The number of Topliss-reactive ketones (excluding diaryl/α,β-unsaturated/α-hetero) is 1. The molecule has 4 heteroatoms. The number of carbonyl (C=O) groups excluding carboxylic acids is 1. The molecule has 1 fully saturated rings. The molecule has 0 aliphatic carbocycles. The van der Waals surface area contributed by atoms with Crippen LogP contribution in [0.2, 0.25) is 0 Å². The second kappa shape index (κ2) is 7.65. The van der Waals surface area contributed by atoms with E-state index in [1.807, 2.05) is 19.1 Å². The van der Waals surface area contributed by atoms with Crippen LogP contribution in [-0.4, -0.2) is 35.9 Å². The number of ether oxygens (including phenoxy) is 1. The van der Waals surface area contributed by atoms with Crippen LogP contribution in [0.5, 0.6) is 5.75 Å². The number of piperidine rings is 1. The predicted octanol–water partition coefficient (Wildman–Crippen LogP) is 3.71. The molecule has 0 N–H and O–H groups in total. The number of halogens is 1. The number of carbonyl (C=O) groups is 1. The van der Waals surface area contributed by atoms with Gasteiger partial charge in [-0.1, -0.05) is 24.9 Å². The van der Waals surface area contributed by atoms with Crippen LogP contribution in [0, 0.1) is 0 Å². The molecule has 1 saturated heterocycles. The van der Waals surface area contributed by atoms with E-state index in [0.717, 1.165) is 30.9 Å². The van der Waals surface area contributed by atoms with Gasteiger partial charge in [0.1, 0.15) is 5.75 Å². The van der Waals surface area contributed by atoms with Crippen molar-refractivity contribution < 1.29 is 9.53 Å². The van der Waals surface area contributed by atoms with E-state index < -0.39 is 0 Å². The number of likely N-dealkylation sites (tertiary alicyclic amines) is 1. The molecule has 1 atom stereocenters. The van der Waals surface area contributed by atoms with E-state index in [1.54, 1.807) is 12.1 Å². The molecule has 1 unspecified atom stereocenters. The molecule has 110 valence electrons. The highest BCUT2D eigenvalue weighted by molar-refractivity contribution is 6.20. The van der Waals surface area contributed by atoms with Crippen molar-refractivity contribution in [2.75, 3.05) is 19.6 Å². The number of ketones is 1. The molecule has 0 bridgehead atoms. The zero-order valence-corrected chi connectivity index (χ0v) is 12.7. The lowest BCUT2D eigenvalue weighted by Crippen LogP contribution is -2.36. The van der Waals surface area contributed by atoms with Crippen LogP contribution >= 0.6 is 11.6 Å². The van der Waals surface area contributed by atoms with Gasteiger partial charge in [0.15, 0.2) is 11.3 Å². The first-order chi connectivity index (χ1) is 9.69. The molecule has 3 nitrogen and oxygen atoms in total. The maximum absolute atomic E-state index is 11.5. The highest BCUT2D eigenvalue weighted by Gasteiger charge is 2.15. The first-order valence-corrected chi connectivity index (χ1v) is 7.79. The largest absolute Gasteiger partial charge is 0.473 e. The van der Waals surface area contributed by atoms with E-state index in [1.165, 1.54) is 19.3 Å². The Morgan fingerprint density at radius 2 is 1.90 bits per heavy atom. The Bertz CT molecular complexity index is 427. The lowest BCUT2D eigenvalue weighted by atomic mass is 10.1. The minimum Gasteiger partial charge on any atom is -0.473 e. The number of hydrogen-bond acceptors (Lipinski definition) is 3. The number of rotatable bonds is 6. The van der Waals surface area contributed by atoms with Gasteiger partial charge in [0.05, 0.1) is 0 Å². The summed E-state index contributed by atoms with van der Waals surface area (Å²) in [5.74, 6) is 0.863. The van der Waals surface area contributed by atoms with E-state index in [0.29, 0.717) is 6.42 Å². The molecule has 0 aromatic heterocycles. The van der Waals surface area contributed by atoms with Gasteiger partial charge < -0.3 is 4.74 Å². The van der Waals surface area contributed by atoms with Gasteiger partial charge in [-0.15, -0.1) is 0 Å². The van der Waals surface area contributed by atoms with Gasteiger partial charge in [-0.2, -0.15) is 0 Å². The van der Waals surface area contributed by atoms with Crippen LogP contribution in [0.4, 0.5) is 0 Å². The van der Waals surface area contributed by atoms with Gasteiger partial charge in [-0.3, -0.25) is 9.69 Å². The third-order valence-corrected chi connectivity index (χ3v) is 3.84. The zero-order valence-electron chi connectivity index (χ0n) is 12.0. The lowest BCUT2D eigenvalue weighted by Gasteiger charge is -2.28. The van der Waals surface area contributed by atoms with Crippen LogP contribution in [0.3, 0.4) is 0 Å². The van der Waals surface area contributed by atoms with E-state index >= 15 is 0 Å². The van der Waals surface area contributed by atoms with E-state index in [-0.39, 0.29) is 11.3 Å². The molecular weight excluding hydrogens is 274 g/mol. The van der Waals surface area contributed by atoms with Gasteiger partial charge in [0.25, 0.3) is 0 Å². The fraction of sp³-hybridized carbons (Fsp3) is 0.562. The summed E-state index contributed by atoms with van der Waals surface area (Å²) < 4.78 is 5.70. The highest BCUT2D eigenvalue weighted by atomic mass is 35.5. The van der Waals surface area contributed by atoms with E-state index in [9.17, 15) is 4.79 Å². The molecule has 1 heterocycles. The van der Waals surface area contributed by atoms with Gasteiger partial charge in [-0.05, 0) is 50.2 Å². The lowest BCUT2D eigenvalue weighted by molar-refractivity contribution is 0.0988. The summed E-state index contributed by atoms with van der Waals surface area (Å²) in [6.45, 7) is 4.82. The zero-order chi connectivity index (χ0) is 14.4. The van der Waals surface area contributed by atoms with Crippen LogP contribution in [0.25, 0.3) is 0 Å². The molecule has 0 spiro atoms. The summed E-state index contributed by atoms with van der Waals surface area (Å²) in [6.07, 6.45) is 4.33. The first-order valence-electron chi connectivity index (χ1n) is 7.35. The molecule has 0 amide bonds. The molecule has 1 aromatic rings. The van der Waals surface area contributed by atoms with Crippen molar-refractivity contribution in [2.45, 2.75) is 38.2 Å². The minimum absolute atomic E-state index is 0.146. The molecule has 20 heavy (non-hydrogen) atoms. The second-order valence-electron chi connectivity index (χ2n) is 5.19. The topological polar surface area (TPSA) is 29.5 Å². The average molecular weight is 296 g/mol. The summed E-state index contributed by atoms with van der Waals surface area (Å²) in [4.78, 5) is 13.9. The van der Waals surface area contributed by atoms with Gasteiger partial charge in [-0.25, -0.2) is 0 Å². The summed E-state index contributed by atoms with van der Waals surface area (Å²) >= 11 is 6.25. The van der Waals surface area contributed by atoms with E-state index in [4.69, 9.17) is 16.3 Å². The van der Waals surface area contributed by atoms with Gasteiger partial charge in [0, 0.05) is 18.5 Å².